The average Bonchev–Trinajstić information content (AvgIpc) is 3.59. The number of hydrogen-bond acceptors (Lipinski definition) is 9. The van der Waals surface area contributed by atoms with Crippen molar-refractivity contribution in [1.82, 2.24) is 0 Å². The Hall–Kier alpha value is -3.20. The van der Waals surface area contributed by atoms with Gasteiger partial charge in [0.15, 0.2) is 14.1 Å². The summed E-state index contributed by atoms with van der Waals surface area (Å²) in [4.78, 5) is 14.5. The van der Waals surface area contributed by atoms with Crippen molar-refractivity contribution in [3.63, 3.8) is 0 Å². The van der Waals surface area contributed by atoms with Crippen molar-refractivity contribution in [1.29, 1.82) is 0 Å². The van der Waals surface area contributed by atoms with Gasteiger partial charge >= 0.3 is 0 Å². The van der Waals surface area contributed by atoms with Crippen LogP contribution in [0, 0.1) is 0 Å². The minimum atomic E-state index is -2.28. The molecule has 5 aromatic rings. The van der Waals surface area contributed by atoms with Crippen LogP contribution >= 0.6 is 34.8 Å². The first-order chi connectivity index (χ1) is 35.5. The molecule has 3 aliphatic rings. The molecule has 3 saturated heterocycles. The Morgan fingerprint density at radius 1 is 0.676 bits per heavy atom. The Kier molecular flexibility index (Phi) is 20.4. The zero-order valence-corrected chi connectivity index (χ0v) is 47.5. The normalized spacial score (nSPS) is 25.9. The number of Topliss-reactive ketones (excluding diaryl/α,β-unsaturated/α-hetero) is 1. The lowest BCUT2D eigenvalue weighted by molar-refractivity contribution is -0.219. The molecule has 74 heavy (non-hydrogen) atoms. The number of ketones is 1. The van der Waals surface area contributed by atoms with Crippen LogP contribution in [0.1, 0.15) is 114 Å². The minimum absolute atomic E-state index is 0.0199. The minimum Gasteiger partial charge on any atom is -0.409 e. The fourth-order valence-corrected chi connectivity index (χ4v) is 13.1. The van der Waals surface area contributed by atoms with E-state index in [9.17, 15) is 4.79 Å². The second-order valence-corrected chi connectivity index (χ2v) is 28.3. The lowest BCUT2D eigenvalue weighted by atomic mass is 9.90. The maximum atomic E-state index is 14.5. The van der Waals surface area contributed by atoms with Crippen LogP contribution in [0.5, 0.6) is 0 Å². The van der Waals surface area contributed by atoms with Crippen molar-refractivity contribution < 1.29 is 42.4 Å². The molecule has 3 fully saturated rings. The predicted molar refractivity (Wildman–Crippen MR) is 299 cm³/mol. The highest BCUT2D eigenvalue weighted by atomic mass is 35.5. The van der Waals surface area contributed by atoms with E-state index in [-0.39, 0.29) is 47.9 Å². The van der Waals surface area contributed by atoms with E-state index >= 15 is 0 Å². The second-order valence-electron chi connectivity index (χ2n) is 22.3. The van der Waals surface area contributed by atoms with E-state index in [1.807, 2.05) is 36.4 Å². The Labute approximate surface area is 456 Å². The quantitative estimate of drug-likeness (QED) is 0.0496. The Balaban J connectivity index is 1.01. The molecule has 9 atom stereocenters. The molecule has 0 spiro atoms. The van der Waals surface area contributed by atoms with E-state index in [4.69, 9.17) is 72.4 Å². The monoisotopic (exact) mass is 1090 g/mol. The van der Waals surface area contributed by atoms with Gasteiger partial charge in [-0.25, -0.2) is 0 Å². The summed E-state index contributed by atoms with van der Waals surface area (Å²) in [6.45, 7) is 16.3. The van der Waals surface area contributed by atoms with Gasteiger partial charge in [0.1, 0.15) is 12.2 Å². The van der Waals surface area contributed by atoms with Crippen molar-refractivity contribution in [3.8, 4) is 0 Å². The summed E-state index contributed by atoms with van der Waals surface area (Å²) in [7, 11) is -2.28. The smallest absolute Gasteiger partial charge is 0.192 e. The topological polar surface area (TPSA) is 90.9 Å². The van der Waals surface area contributed by atoms with Crippen LogP contribution < -0.4 is 0 Å². The van der Waals surface area contributed by atoms with E-state index < -0.39 is 32.2 Å². The van der Waals surface area contributed by atoms with Gasteiger partial charge in [0.05, 0.1) is 68.7 Å². The van der Waals surface area contributed by atoms with E-state index in [1.165, 1.54) is 5.39 Å². The summed E-state index contributed by atoms with van der Waals surface area (Å²) in [5.74, 6) is 0.0569. The first kappa shape index (κ1) is 57.0. The van der Waals surface area contributed by atoms with Crippen molar-refractivity contribution in [2.45, 2.75) is 191 Å². The maximum Gasteiger partial charge on any atom is 0.192 e. The van der Waals surface area contributed by atoms with E-state index in [0.717, 1.165) is 41.3 Å². The van der Waals surface area contributed by atoms with Crippen molar-refractivity contribution in [2.75, 3.05) is 13.2 Å². The fraction of sp³-hybridized carbons (Fsp3) is 0.525. The highest BCUT2D eigenvalue weighted by molar-refractivity contribution is 6.74. The third-order valence-corrected chi connectivity index (χ3v) is 21.1. The van der Waals surface area contributed by atoms with E-state index in [2.05, 4.69) is 108 Å². The lowest BCUT2D eigenvalue weighted by Gasteiger charge is -2.47. The van der Waals surface area contributed by atoms with Crippen LogP contribution in [-0.4, -0.2) is 81.7 Å². The predicted octanol–water partition coefficient (Wildman–Crippen LogP) is 15.3. The van der Waals surface area contributed by atoms with Gasteiger partial charge in [-0.3, -0.25) is 4.79 Å². The van der Waals surface area contributed by atoms with Gasteiger partial charge in [-0.15, -0.1) is 0 Å². The summed E-state index contributed by atoms with van der Waals surface area (Å²) in [6.07, 6.45) is 3.22. The number of carbonyl (C=O) groups is 1. The van der Waals surface area contributed by atoms with Crippen molar-refractivity contribution in [3.05, 3.63) is 153 Å². The molecule has 0 N–H and O–H groups in total. The molecular formula is C61H77Cl3O9Si. The van der Waals surface area contributed by atoms with Crippen molar-refractivity contribution >= 4 is 59.7 Å². The molecule has 0 radical (unpaired) electrons. The van der Waals surface area contributed by atoms with Gasteiger partial charge in [-0.05, 0) is 116 Å². The number of carbonyl (C=O) groups excluding carboxylic acids is 1. The van der Waals surface area contributed by atoms with Gasteiger partial charge in [0.25, 0.3) is 0 Å². The van der Waals surface area contributed by atoms with Crippen LogP contribution in [0.25, 0.3) is 10.8 Å². The van der Waals surface area contributed by atoms with E-state index in [0.29, 0.717) is 98.6 Å². The molecule has 0 amide bonds. The summed E-state index contributed by atoms with van der Waals surface area (Å²) in [6, 6.07) is 38.7. The van der Waals surface area contributed by atoms with Gasteiger partial charge in [0.2, 0.25) is 0 Å². The number of benzene rings is 5. The lowest BCUT2D eigenvalue weighted by Crippen LogP contribution is -2.54. The third kappa shape index (κ3) is 15.5. The maximum absolute atomic E-state index is 14.5. The summed E-state index contributed by atoms with van der Waals surface area (Å²) in [5, 5.41) is 3.75. The van der Waals surface area contributed by atoms with Crippen LogP contribution in [0.4, 0.5) is 0 Å². The number of ether oxygens (including phenoxy) is 7. The van der Waals surface area contributed by atoms with Crippen LogP contribution in [0.2, 0.25) is 33.2 Å². The highest BCUT2D eigenvalue weighted by Gasteiger charge is 2.51. The summed E-state index contributed by atoms with van der Waals surface area (Å²) >= 11 is 19.1. The van der Waals surface area contributed by atoms with Gasteiger partial charge in [-0.1, -0.05) is 153 Å². The van der Waals surface area contributed by atoms with Crippen LogP contribution in [0.15, 0.2) is 115 Å². The summed E-state index contributed by atoms with van der Waals surface area (Å²) in [5.41, 5.74) is 3.40. The van der Waals surface area contributed by atoms with E-state index in [1.54, 1.807) is 12.1 Å². The van der Waals surface area contributed by atoms with Crippen LogP contribution in [0.3, 0.4) is 0 Å². The second kappa shape index (κ2) is 26.4. The largest absolute Gasteiger partial charge is 0.409 e. The molecule has 5 aromatic carbocycles. The Morgan fingerprint density at radius 2 is 1.30 bits per heavy atom. The Morgan fingerprint density at radius 3 is 2.00 bits per heavy atom. The zero-order valence-electron chi connectivity index (χ0n) is 44.2. The molecule has 0 aliphatic carbocycles. The van der Waals surface area contributed by atoms with Gasteiger partial charge in [0, 0.05) is 53.1 Å². The number of rotatable bonds is 22. The molecular weight excluding hydrogens is 1010 g/mol. The summed E-state index contributed by atoms with van der Waals surface area (Å²) < 4.78 is 55.1. The molecule has 3 aliphatic heterocycles. The number of fused-ring (bicyclic) bond motifs is 2. The van der Waals surface area contributed by atoms with Crippen molar-refractivity contribution in [2.24, 2.45) is 0 Å². The third-order valence-electron chi connectivity index (χ3n) is 15.7. The fourth-order valence-electron chi connectivity index (χ4n) is 10.5. The molecule has 9 nitrogen and oxygen atoms in total. The molecule has 0 aromatic heterocycles. The first-order valence-corrected chi connectivity index (χ1v) is 30.8. The van der Waals surface area contributed by atoms with Crippen LogP contribution in [-0.2, 0) is 68.8 Å². The zero-order chi connectivity index (χ0) is 52.3. The number of halogens is 3. The molecule has 400 valence electrons. The molecule has 0 unspecified atom stereocenters. The Bertz CT molecular complexity index is 2540. The average molecular weight is 1090 g/mol. The SMILES string of the molecule is CC(C)(C)[Si](C)(C)O[C@@]1(C)CC[C@H]2O[C@@H](C[C@H]3O[C@H](CCCOCc4ccccc4)C[C@H](OCc4ccccc4)[C@@H]3OCc3ccc4ccccc4c3)C(=O)CC[C@@H]2O[C@@H]1CCCOCc1c(Cl)cc(Cl)cc1Cl. The molecule has 13 heteroatoms. The molecule has 0 saturated carbocycles. The van der Waals surface area contributed by atoms with Gasteiger partial charge in [-0.2, -0.15) is 0 Å². The molecule has 3 heterocycles. The number of hydrogen-bond donors (Lipinski definition) is 0. The van der Waals surface area contributed by atoms with Gasteiger partial charge < -0.3 is 37.6 Å². The highest BCUT2D eigenvalue weighted by Crippen LogP contribution is 2.45. The molecule has 8 rings (SSSR count). The standard InChI is InChI=1S/C61H77Cl3O9Si/c1-60(2,3)74(5,6)73-61(4)30-29-54-53(72-58(61)24-16-32-67-41-49-50(63)34-47(62)35-51(49)64)28-27-52(65)55(71-54)37-57-59(69-40-44-25-26-45-21-13-14-22-46(45)33-44)56(68-39-43-19-11-8-12-20-43)36-48(70-57)23-15-31-66-38-42-17-9-7-10-18-42/h7-14,17-22,25-26,33-35,48,53-59H,15-16,23-24,27-32,36-41H2,1-6H3/t48-,53+,54-,55+,56+,57-,58-,59+,61+/m1/s1. The molecule has 0 bridgehead atoms. The first-order valence-electron chi connectivity index (χ1n) is 26.8.